The van der Waals surface area contributed by atoms with Crippen LogP contribution in [0, 0.1) is 0 Å². The van der Waals surface area contributed by atoms with E-state index < -0.39 is 0 Å². The average molecular weight is 267 g/mol. The molecule has 40 valence electrons. The summed E-state index contributed by atoms with van der Waals surface area (Å²) in [6.45, 7) is 6.68. The maximum absolute atomic E-state index is 3.60. The second-order valence-electron chi connectivity index (χ2n) is 1.10. The van der Waals surface area contributed by atoms with Crippen LogP contribution in [0.25, 0.3) is 0 Å². The molecule has 0 saturated heterocycles. The fraction of sp³-hybridized carbons (Fsp3) is 0.400. The van der Waals surface area contributed by atoms with Gasteiger partial charge in [-0.1, -0.05) is 0 Å². The quantitative estimate of drug-likeness (QED) is 0.783. The van der Waals surface area contributed by atoms with Crippen LogP contribution in [0.4, 0.5) is 0 Å². The molecule has 0 saturated carbocycles. The zero-order chi connectivity index (χ0) is 5.70. The van der Waals surface area contributed by atoms with Gasteiger partial charge in [-0.15, -0.1) is 0 Å². The second kappa shape index (κ2) is 4.42. The number of rotatable bonds is 3. The molecule has 0 unspecified atom stereocenters. The van der Waals surface area contributed by atoms with Crippen LogP contribution >= 0.6 is 0 Å². The van der Waals surface area contributed by atoms with Crippen molar-refractivity contribution in [1.82, 2.24) is 5.32 Å². The van der Waals surface area contributed by atoms with Crippen molar-refractivity contribution in [3.63, 3.8) is 0 Å². The van der Waals surface area contributed by atoms with Crippen LogP contribution in [0.3, 0.4) is 0 Å². The van der Waals surface area contributed by atoms with Gasteiger partial charge < -0.3 is 0 Å². The first-order valence-corrected chi connectivity index (χ1v) is 3.68. The summed E-state index contributed by atoms with van der Waals surface area (Å²) in [6.07, 6.45) is 1.85. The molecule has 1 N–H and O–H groups in total. The van der Waals surface area contributed by atoms with E-state index in [4.69, 9.17) is 0 Å². The summed E-state index contributed by atoms with van der Waals surface area (Å²) in [6, 6.07) is 0. The summed E-state index contributed by atoms with van der Waals surface area (Å²) in [5.74, 6) is 0. The van der Waals surface area contributed by atoms with Gasteiger partial charge >= 0.3 is 54.8 Å². The zero-order valence-electron chi connectivity index (χ0n) is 4.40. The van der Waals surface area contributed by atoms with Crippen molar-refractivity contribution in [3.8, 4) is 0 Å². The van der Waals surface area contributed by atoms with Crippen molar-refractivity contribution in [2.45, 2.75) is 6.92 Å². The molecule has 0 atom stereocenters. The monoisotopic (exact) mass is 267 g/mol. The van der Waals surface area contributed by atoms with E-state index in [2.05, 4.69) is 18.8 Å². The minimum absolute atomic E-state index is 1.00. The first-order chi connectivity index (χ1) is 3.31. The number of nitrogens with one attached hydrogen (secondary N) is 1. The Hall–Kier alpha value is 0.258. The fourth-order valence-electron chi connectivity index (χ4n) is 0.246. The maximum atomic E-state index is 3.60. The summed E-state index contributed by atoms with van der Waals surface area (Å²) < 4.78 is 1.22. The molecule has 0 bridgehead atoms. The third kappa shape index (κ3) is 4.10. The Labute approximate surface area is 55.2 Å². The second-order valence-corrected chi connectivity index (χ2v) is 2.68. The summed E-state index contributed by atoms with van der Waals surface area (Å²) in [5.41, 5.74) is 0. The molecule has 7 heavy (non-hydrogen) atoms. The molecule has 0 aliphatic carbocycles. The summed E-state index contributed by atoms with van der Waals surface area (Å²) >= 11 is 1.45. The summed E-state index contributed by atoms with van der Waals surface area (Å²) in [7, 11) is 0. The van der Waals surface area contributed by atoms with Crippen molar-refractivity contribution in [2.75, 3.05) is 6.54 Å². The molecule has 0 aliphatic rings. The third-order valence-electron chi connectivity index (χ3n) is 0.536. The van der Waals surface area contributed by atoms with Crippen LogP contribution in [0.5, 0.6) is 0 Å². The summed E-state index contributed by atoms with van der Waals surface area (Å²) in [5, 5.41) is 3.13. The van der Waals surface area contributed by atoms with Gasteiger partial charge in [-0.25, -0.2) is 0 Å². The molecule has 0 fully saturated rings. The van der Waals surface area contributed by atoms with Gasteiger partial charge in [-0.05, 0) is 0 Å². The van der Waals surface area contributed by atoms with Crippen LogP contribution in [0.1, 0.15) is 6.92 Å². The summed E-state index contributed by atoms with van der Waals surface area (Å²) in [4.78, 5) is 0. The van der Waals surface area contributed by atoms with Crippen molar-refractivity contribution >= 4 is 4.02 Å². The van der Waals surface area contributed by atoms with Gasteiger partial charge in [0.2, 0.25) is 0 Å². The van der Waals surface area contributed by atoms with Gasteiger partial charge in [0.15, 0.2) is 0 Å². The molecule has 0 heterocycles. The van der Waals surface area contributed by atoms with Crippen molar-refractivity contribution in [1.29, 1.82) is 0 Å². The molecule has 0 aliphatic heterocycles. The van der Waals surface area contributed by atoms with Crippen molar-refractivity contribution < 1.29 is 19.4 Å². The first kappa shape index (κ1) is 7.26. The van der Waals surface area contributed by atoms with Crippen LogP contribution in [-0.4, -0.2) is 10.6 Å². The molecule has 0 spiro atoms. The minimum atomic E-state index is 1.00. The molecule has 1 nitrogen and oxygen atoms in total. The predicted octanol–water partition coefficient (Wildman–Crippen LogP) is 0.459. The van der Waals surface area contributed by atoms with E-state index in [-0.39, 0.29) is 0 Å². The standard InChI is InChI=1S/C5H9N.W/c1-3-5-6-4-2;/h3,6H,1,4H2,2H3;. The number of hydrogen-bond acceptors (Lipinski definition) is 1. The average Bonchev–Trinajstić information content (AvgIpc) is 1.68. The fourth-order valence-corrected chi connectivity index (χ4v) is 0.765. The molecule has 2 heteroatoms. The Morgan fingerprint density at radius 3 is 2.71 bits per heavy atom. The van der Waals surface area contributed by atoms with Crippen LogP contribution in [0.2, 0.25) is 0 Å². The molecular formula is C5H9NW. The van der Waals surface area contributed by atoms with Gasteiger partial charge in [0.25, 0.3) is 0 Å². The molecule has 0 aromatic rings. The molecule has 0 rings (SSSR count). The van der Waals surface area contributed by atoms with E-state index in [0.717, 1.165) is 6.54 Å². The first-order valence-electron chi connectivity index (χ1n) is 2.21. The molecule has 0 radical (unpaired) electrons. The topological polar surface area (TPSA) is 12.0 Å². The van der Waals surface area contributed by atoms with E-state index in [1.54, 1.807) is 0 Å². The Morgan fingerprint density at radius 2 is 2.57 bits per heavy atom. The van der Waals surface area contributed by atoms with Gasteiger partial charge in [-0.2, -0.15) is 0 Å². The van der Waals surface area contributed by atoms with Crippen molar-refractivity contribution in [3.05, 3.63) is 12.7 Å². The molecule has 0 amide bonds. The van der Waals surface area contributed by atoms with Gasteiger partial charge in [-0.3, -0.25) is 0 Å². The van der Waals surface area contributed by atoms with E-state index in [0.29, 0.717) is 0 Å². The molecule has 0 aromatic heterocycles. The van der Waals surface area contributed by atoms with E-state index in [1.165, 1.54) is 23.4 Å². The number of likely N-dealkylation sites (N-methyl/N-ethyl adjacent to an activating group) is 1. The van der Waals surface area contributed by atoms with Crippen molar-refractivity contribution in [2.24, 2.45) is 0 Å². The van der Waals surface area contributed by atoms with Crippen LogP contribution in [0.15, 0.2) is 12.7 Å². The third-order valence-corrected chi connectivity index (χ3v) is 1.65. The SMILES string of the molecule is C=C[C](=[W])NCC. The Kier molecular flexibility index (Phi) is 4.58. The Bertz CT molecular complexity index is 78.1. The Balaban J connectivity index is 3.17. The zero-order valence-corrected chi connectivity index (χ0v) is 7.33. The Morgan fingerprint density at radius 1 is 2.00 bits per heavy atom. The van der Waals surface area contributed by atoms with Gasteiger partial charge in [0.1, 0.15) is 0 Å². The van der Waals surface area contributed by atoms with E-state index >= 15 is 0 Å². The predicted molar refractivity (Wildman–Crippen MR) is 28.9 cm³/mol. The van der Waals surface area contributed by atoms with Gasteiger partial charge in [0, 0.05) is 0 Å². The normalized spacial score (nSPS) is 8.14. The van der Waals surface area contributed by atoms with E-state index in [1.807, 2.05) is 6.08 Å². The molecular weight excluding hydrogens is 258 g/mol. The number of hydrogen-bond donors (Lipinski definition) is 1. The van der Waals surface area contributed by atoms with Gasteiger partial charge in [0.05, 0.1) is 0 Å². The van der Waals surface area contributed by atoms with Crippen LogP contribution < -0.4 is 5.32 Å². The molecule has 0 aromatic carbocycles. The van der Waals surface area contributed by atoms with E-state index in [9.17, 15) is 0 Å². The van der Waals surface area contributed by atoms with Crippen LogP contribution in [-0.2, 0) is 19.4 Å².